The molecule has 0 fully saturated rings. The molecule has 1 N–H and O–H groups in total. The number of ether oxygens (including phenoxy) is 1. The first-order valence-electron chi connectivity index (χ1n) is 7.45. The Hall–Kier alpha value is -2.44. The molecule has 1 amide bonds. The van der Waals surface area contributed by atoms with Crippen LogP contribution in [0.25, 0.3) is 0 Å². The van der Waals surface area contributed by atoms with E-state index in [4.69, 9.17) is 16.3 Å². The third-order valence-electron chi connectivity index (χ3n) is 3.30. The number of nitrogens with zero attached hydrogens (tertiary/aromatic N) is 1. The summed E-state index contributed by atoms with van der Waals surface area (Å²) in [6, 6.07) is 13.0. The predicted molar refractivity (Wildman–Crippen MR) is 95.5 cm³/mol. The summed E-state index contributed by atoms with van der Waals surface area (Å²) in [6.45, 7) is 0.593. The topological polar surface area (TPSA) is 51.2 Å². The molecule has 0 radical (unpaired) electrons. The van der Waals surface area contributed by atoms with Crippen LogP contribution >= 0.6 is 22.9 Å². The second kappa shape index (κ2) is 8.09. The van der Waals surface area contributed by atoms with Crippen molar-refractivity contribution in [3.05, 3.63) is 81.0 Å². The molecule has 3 rings (SSSR count). The minimum absolute atomic E-state index is 0.220. The van der Waals surface area contributed by atoms with Gasteiger partial charge in [0.2, 0.25) is 0 Å². The Morgan fingerprint density at radius 1 is 1.24 bits per heavy atom. The molecule has 0 bridgehead atoms. The van der Waals surface area contributed by atoms with Gasteiger partial charge in [-0.25, -0.2) is 9.37 Å². The van der Waals surface area contributed by atoms with Crippen molar-refractivity contribution in [2.75, 3.05) is 0 Å². The average Bonchev–Trinajstić information content (AvgIpc) is 3.08. The Bertz CT molecular complexity index is 868. The molecule has 4 nitrogen and oxygen atoms in total. The maximum atomic E-state index is 12.8. The molecular formula is C18H14ClFN2O2S. The van der Waals surface area contributed by atoms with E-state index < -0.39 is 0 Å². The van der Waals surface area contributed by atoms with Gasteiger partial charge in [-0.05, 0) is 42.0 Å². The second-order valence-electron chi connectivity index (χ2n) is 5.18. The van der Waals surface area contributed by atoms with Crippen LogP contribution in [-0.4, -0.2) is 10.9 Å². The summed E-state index contributed by atoms with van der Waals surface area (Å²) in [5.74, 6) is -0.0342. The summed E-state index contributed by atoms with van der Waals surface area (Å²) in [5, 5.41) is 5.77. The van der Waals surface area contributed by atoms with E-state index >= 15 is 0 Å². The van der Waals surface area contributed by atoms with Crippen molar-refractivity contribution in [2.24, 2.45) is 0 Å². The number of rotatable bonds is 6. The van der Waals surface area contributed by atoms with E-state index in [2.05, 4.69) is 10.3 Å². The molecule has 25 heavy (non-hydrogen) atoms. The molecule has 0 saturated carbocycles. The third kappa shape index (κ3) is 5.01. The van der Waals surface area contributed by atoms with Crippen LogP contribution in [0.3, 0.4) is 0 Å². The van der Waals surface area contributed by atoms with Gasteiger partial charge in [0, 0.05) is 16.9 Å². The highest BCUT2D eigenvalue weighted by atomic mass is 35.5. The lowest BCUT2D eigenvalue weighted by Crippen LogP contribution is -2.23. The summed E-state index contributed by atoms with van der Waals surface area (Å²) >= 11 is 7.25. The molecule has 3 aromatic rings. The van der Waals surface area contributed by atoms with Gasteiger partial charge >= 0.3 is 0 Å². The Kier molecular flexibility index (Phi) is 5.63. The van der Waals surface area contributed by atoms with Crippen LogP contribution in [0.15, 0.2) is 53.9 Å². The number of thiazole rings is 1. The van der Waals surface area contributed by atoms with Gasteiger partial charge in [-0.1, -0.05) is 23.7 Å². The number of amides is 1. The lowest BCUT2D eigenvalue weighted by Gasteiger charge is -2.04. The zero-order valence-corrected chi connectivity index (χ0v) is 14.6. The molecule has 1 heterocycles. The Balaban J connectivity index is 1.53. The summed E-state index contributed by atoms with van der Waals surface area (Å²) < 4.78 is 18.4. The molecule has 0 unspecified atom stereocenters. The zero-order chi connectivity index (χ0) is 17.6. The Morgan fingerprint density at radius 2 is 2.04 bits per heavy atom. The van der Waals surface area contributed by atoms with E-state index in [-0.39, 0.29) is 18.3 Å². The highest BCUT2D eigenvalue weighted by Crippen LogP contribution is 2.16. The maximum Gasteiger partial charge on any atom is 0.271 e. The molecule has 7 heteroatoms. The molecule has 128 valence electrons. The number of carbonyl (C=O) groups is 1. The highest BCUT2D eigenvalue weighted by Gasteiger charge is 2.11. The molecular weight excluding hydrogens is 363 g/mol. The largest absolute Gasteiger partial charge is 0.486 e. The lowest BCUT2D eigenvalue weighted by atomic mass is 10.2. The monoisotopic (exact) mass is 376 g/mol. The minimum Gasteiger partial charge on any atom is -0.486 e. The molecule has 0 aliphatic carbocycles. The van der Waals surface area contributed by atoms with Crippen molar-refractivity contribution in [3.63, 3.8) is 0 Å². The second-order valence-corrected chi connectivity index (χ2v) is 6.56. The number of hydrogen-bond donors (Lipinski definition) is 1. The third-order valence-corrected chi connectivity index (χ3v) is 4.36. The van der Waals surface area contributed by atoms with E-state index in [1.54, 1.807) is 29.6 Å². The van der Waals surface area contributed by atoms with Crippen LogP contribution in [0.5, 0.6) is 5.75 Å². The number of aromatic nitrogens is 1. The summed E-state index contributed by atoms with van der Waals surface area (Å²) in [5.41, 5.74) is 1.25. The number of halogens is 2. The highest BCUT2D eigenvalue weighted by molar-refractivity contribution is 7.09. The fourth-order valence-corrected chi connectivity index (χ4v) is 2.98. The van der Waals surface area contributed by atoms with Crippen molar-refractivity contribution in [1.29, 1.82) is 0 Å². The Morgan fingerprint density at radius 3 is 2.80 bits per heavy atom. The van der Waals surface area contributed by atoms with E-state index in [0.717, 1.165) is 5.56 Å². The fraction of sp³-hybridized carbons (Fsp3) is 0.111. The van der Waals surface area contributed by atoms with Gasteiger partial charge in [0.1, 0.15) is 28.9 Å². The smallest absolute Gasteiger partial charge is 0.271 e. The van der Waals surface area contributed by atoms with Crippen molar-refractivity contribution < 1.29 is 13.9 Å². The summed E-state index contributed by atoms with van der Waals surface area (Å²) in [7, 11) is 0. The van der Waals surface area contributed by atoms with Gasteiger partial charge < -0.3 is 10.1 Å². The van der Waals surface area contributed by atoms with Gasteiger partial charge in [0.25, 0.3) is 5.91 Å². The first-order chi connectivity index (χ1) is 12.1. The number of benzene rings is 2. The molecule has 1 aromatic heterocycles. The molecule has 0 aliphatic rings. The van der Waals surface area contributed by atoms with Crippen molar-refractivity contribution in [2.45, 2.75) is 13.2 Å². The van der Waals surface area contributed by atoms with Gasteiger partial charge in [-0.2, -0.15) is 0 Å². The standard InChI is InChI=1S/C18H14ClFN2O2S/c19-13-3-1-2-12(8-13)9-21-18(23)16-11-25-17(22-16)10-24-15-6-4-14(20)5-7-15/h1-8,11H,9-10H2,(H,21,23). The first kappa shape index (κ1) is 17.4. The van der Waals surface area contributed by atoms with Gasteiger partial charge in [-0.3, -0.25) is 4.79 Å². The molecule has 0 spiro atoms. The van der Waals surface area contributed by atoms with Gasteiger partial charge in [-0.15, -0.1) is 11.3 Å². The summed E-state index contributed by atoms with van der Waals surface area (Å²) in [4.78, 5) is 16.4. The van der Waals surface area contributed by atoms with E-state index in [1.165, 1.54) is 23.5 Å². The van der Waals surface area contributed by atoms with Crippen molar-refractivity contribution >= 4 is 28.8 Å². The number of carbonyl (C=O) groups excluding carboxylic acids is 1. The first-order valence-corrected chi connectivity index (χ1v) is 8.71. The molecule has 0 aliphatic heterocycles. The number of nitrogens with one attached hydrogen (secondary N) is 1. The van der Waals surface area contributed by atoms with E-state index in [1.807, 2.05) is 12.1 Å². The fourth-order valence-electron chi connectivity index (χ4n) is 2.08. The van der Waals surface area contributed by atoms with Gasteiger partial charge in [0.15, 0.2) is 0 Å². The maximum absolute atomic E-state index is 12.8. The van der Waals surface area contributed by atoms with Crippen LogP contribution in [0.2, 0.25) is 5.02 Å². The van der Waals surface area contributed by atoms with E-state index in [0.29, 0.717) is 28.0 Å². The van der Waals surface area contributed by atoms with E-state index in [9.17, 15) is 9.18 Å². The quantitative estimate of drug-likeness (QED) is 0.691. The SMILES string of the molecule is O=C(NCc1cccc(Cl)c1)c1csc(COc2ccc(F)cc2)n1. The zero-order valence-electron chi connectivity index (χ0n) is 13.0. The van der Waals surface area contributed by atoms with Crippen molar-refractivity contribution in [3.8, 4) is 5.75 Å². The van der Waals surface area contributed by atoms with Crippen LogP contribution in [0.1, 0.15) is 21.1 Å². The Labute approximate surface area is 153 Å². The van der Waals surface area contributed by atoms with Crippen LogP contribution in [-0.2, 0) is 13.2 Å². The summed E-state index contributed by atoms with van der Waals surface area (Å²) in [6.07, 6.45) is 0. The van der Waals surface area contributed by atoms with Crippen LogP contribution in [0, 0.1) is 5.82 Å². The van der Waals surface area contributed by atoms with Crippen LogP contribution in [0.4, 0.5) is 4.39 Å². The average molecular weight is 377 g/mol. The lowest BCUT2D eigenvalue weighted by molar-refractivity contribution is 0.0946. The molecule has 0 atom stereocenters. The predicted octanol–water partition coefficient (Wildman–Crippen LogP) is 4.44. The number of hydrogen-bond acceptors (Lipinski definition) is 4. The normalized spacial score (nSPS) is 10.5. The van der Waals surface area contributed by atoms with Crippen LogP contribution < -0.4 is 10.1 Å². The minimum atomic E-state index is -0.319. The van der Waals surface area contributed by atoms with Crippen molar-refractivity contribution in [1.82, 2.24) is 10.3 Å². The van der Waals surface area contributed by atoms with Gasteiger partial charge in [0.05, 0.1) is 0 Å². The molecule has 0 saturated heterocycles. The molecule has 2 aromatic carbocycles.